The number of ether oxygens (including phenoxy) is 2. The first kappa shape index (κ1) is 20.1. The standard InChI is InChI=1S/C18H27N5O2S/c1-4-15-12-21-16(26-15)13-23-18(19-5-2)22-11-14-7-6-8-20-17(14)25-10-9-24-3/h6-8,12H,4-5,9-11,13H2,1-3H3,(H2,19,22,23). The molecule has 0 fully saturated rings. The SMILES string of the molecule is CCNC(=NCc1cccnc1OCCOC)NCc1ncc(CC)s1. The molecule has 0 spiro atoms. The Hall–Kier alpha value is -2.19. The molecule has 0 saturated heterocycles. The molecule has 2 aromatic rings. The van der Waals surface area contributed by atoms with Crippen LogP contribution >= 0.6 is 11.3 Å². The van der Waals surface area contributed by atoms with Crippen LogP contribution in [0.15, 0.2) is 29.5 Å². The lowest BCUT2D eigenvalue weighted by Crippen LogP contribution is -2.36. The van der Waals surface area contributed by atoms with Gasteiger partial charge in [-0.15, -0.1) is 11.3 Å². The Balaban J connectivity index is 1.97. The van der Waals surface area contributed by atoms with Crippen LogP contribution in [-0.4, -0.2) is 42.8 Å². The average molecular weight is 378 g/mol. The highest BCUT2D eigenvalue weighted by atomic mass is 32.1. The first-order valence-electron chi connectivity index (χ1n) is 8.78. The molecule has 26 heavy (non-hydrogen) atoms. The van der Waals surface area contributed by atoms with Crippen LogP contribution in [0.3, 0.4) is 0 Å². The first-order chi connectivity index (χ1) is 12.8. The van der Waals surface area contributed by atoms with Gasteiger partial charge in [0.15, 0.2) is 5.96 Å². The fraction of sp³-hybridized carbons (Fsp3) is 0.500. The summed E-state index contributed by atoms with van der Waals surface area (Å²) in [7, 11) is 1.65. The molecule has 2 aromatic heterocycles. The van der Waals surface area contributed by atoms with Gasteiger partial charge in [0.1, 0.15) is 11.6 Å². The average Bonchev–Trinajstić information content (AvgIpc) is 3.13. The molecule has 0 amide bonds. The second kappa shape index (κ2) is 11.4. The van der Waals surface area contributed by atoms with Crippen molar-refractivity contribution in [1.82, 2.24) is 20.6 Å². The lowest BCUT2D eigenvalue weighted by atomic mass is 10.3. The van der Waals surface area contributed by atoms with Gasteiger partial charge in [-0.2, -0.15) is 0 Å². The molecule has 0 radical (unpaired) electrons. The van der Waals surface area contributed by atoms with E-state index in [1.807, 2.05) is 25.3 Å². The smallest absolute Gasteiger partial charge is 0.218 e. The lowest BCUT2D eigenvalue weighted by molar-refractivity contribution is 0.143. The second-order valence-electron chi connectivity index (χ2n) is 5.43. The number of guanidine groups is 1. The number of hydrogen-bond donors (Lipinski definition) is 2. The zero-order chi connectivity index (χ0) is 18.6. The maximum atomic E-state index is 5.66. The number of thiazole rings is 1. The van der Waals surface area contributed by atoms with Gasteiger partial charge in [0.05, 0.1) is 19.7 Å². The molecule has 2 N–H and O–H groups in total. The monoisotopic (exact) mass is 377 g/mol. The van der Waals surface area contributed by atoms with Gasteiger partial charge in [0.25, 0.3) is 0 Å². The minimum Gasteiger partial charge on any atom is -0.475 e. The Morgan fingerprint density at radius 1 is 1.23 bits per heavy atom. The molecule has 2 heterocycles. The Labute approximate surface area is 158 Å². The van der Waals surface area contributed by atoms with Gasteiger partial charge in [-0.3, -0.25) is 0 Å². The topological polar surface area (TPSA) is 80.7 Å². The predicted molar refractivity (Wildman–Crippen MR) is 105 cm³/mol. The number of hydrogen-bond acceptors (Lipinski definition) is 6. The first-order valence-corrected chi connectivity index (χ1v) is 9.59. The summed E-state index contributed by atoms with van der Waals surface area (Å²) in [6.45, 7) is 7.08. The summed E-state index contributed by atoms with van der Waals surface area (Å²) in [4.78, 5) is 14.6. The summed E-state index contributed by atoms with van der Waals surface area (Å²) >= 11 is 1.72. The van der Waals surface area contributed by atoms with Crippen molar-refractivity contribution in [2.75, 3.05) is 26.9 Å². The highest BCUT2D eigenvalue weighted by Crippen LogP contribution is 2.15. The number of rotatable bonds is 10. The Morgan fingerprint density at radius 2 is 2.12 bits per heavy atom. The van der Waals surface area contributed by atoms with Crippen molar-refractivity contribution in [2.24, 2.45) is 4.99 Å². The normalized spacial score (nSPS) is 11.4. The third-order valence-electron chi connectivity index (χ3n) is 3.48. The van der Waals surface area contributed by atoms with E-state index in [2.05, 4.69) is 32.5 Å². The van der Waals surface area contributed by atoms with Crippen LogP contribution in [-0.2, 0) is 24.2 Å². The second-order valence-corrected chi connectivity index (χ2v) is 6.63. The van der Waals surface area contributed by atoms with E-state index in [0.29, 0.717) is 32.2 Å². The van der Waals surface area contributed by atoms with E-state index >= 15 is 0 Å². The van der Waals surface area contributed by atoms with Crippen LogP contribution in [0.2, 0.25) is 0 Å². The van der Waals surface area contributed by atoms with E-state index in [1.165, 1.54) is 4.88 Å². The van der Waals surface area contributed by atoms with Crippen molar-refractivity contribution < 1.29 is 9.47 Å². The number of pyridine rings is 1. The van der Waals surface area contributed by atoms with Gasteiger partial charge < -0.3 is 20.1 Å². The number of aromatic nitrogens is 2. The highest BCUT2D eigenvalue weighted by Gasteiger charge is 2.06. The third kappa shape index (κ3) is 6.61. The summed E-state index contributed by atoms with van der Waals surface area (Å²) < 4.78 is 10.7. The highest BCUT2D eigenvalue weighted by molar-refractivity contribution is 7.11. The fourth-order valence-electron chi connectivity index (χ4n) is 2.15. The summed E-state index contributed by atoms with van der Waals surface area (Å²) in [6.07, 6.45) is 4.66. The van der Waals surface area contributed by atoms with E-state index in [-0.39, 0.29) is 0 Å². The predicted octanol–water partition coefficient (Wildman–Crippen LogP) is 2.38. The molecule has 7 nitrogen and oxygen atoms in total. The molecule has 0 aliphatic carbocycles. The van der Waals surface area contributed by atoms with Crippen molar-refractivity contribution in [3.63, 3.8) is 0 Å². The van der Waals surface area contributed by atoms with Crippen LogP contribution in [0, 0.1) is 0 Å². The van der Waals surface area contributed by atoms with Crippen LogP contribution in [0.25, 0.3) is 0 Å². The van der Waals surface area contributed by atoms with E-state index in [9.17, 15) is 0 Å². The molecule has 142 valence electrons. The van der Waals surface area contributed by atoms with Crippen molar-refractivity contribution >= 4 is 17.3 Å². The van der Waals surface area contributed by atoms with Crippen LogP contribution in [0.1, 0.15) is 29.3 Å². The van der Waals surface area contributed by atoms with Crippen LogP contribution in [0.4, 0.5) is 0 Å². The van der Waals surface area contributed by atoms with Crippen molar-refractivity contribution in [3.8, 4) is 5.88 Å². The summed E-state index contributed by atoms with van der Waals surface area (Å²) in [5, 5.41) is 7.63. The van der Waals surface area contributed by atoms with E-state index < -0.39 is 0 Å². The minimum atomic E-state index is 0.465. The van der Waals surface area contributed by atoms with Gasteiger partial charge in [-0.25, -0.2) is 15.0 Å². The fourth-order valence-corrected chi connectivity index (χ4v) is 2.96. The molecule has 0 bridgehead atoms. The third-order valence-corrected chi connectivity index (χ3v) is 4.63. The van der Waals surface area contributed by atoms with Crippen molar-refractivity contribution in [3.05, 3.63) is 40.0 Å². The Morgan fingerprint density at radius 3 is 2.85 bits per heavy atom. The number of nitrogens with one attached hydrogen (secondary N) is 2. The maximum Gasteiger partial charge on any atom is 0.218 e. The zero-order valence-corrected chi connectivity index (χ0v) is 16.4. The Bertz CT molecular complexity index is 690. The van der Waals surface area contributed by atoms with E-state index in [0.717, 1.165) is 29.5 Å². The molecule has 0 aromatic carbocycles. The molecule has 0 atom stereocenters. The molecule has 2 rings (SSSR count). The quantitative estimate of drug-likeness (QED) is 0.376. The van der Waals surface area contributed by atoms with Gasteiger partial charge in [-0.05, 0) is 19.4 Å². The maximum absolute atomic E-state index is 5.66. The van der Waals surface area contributed by atoms with Crippen LogP contribution < -0.4 is 15.4 Å². The lowest BCUT2D eigenvalue weighted by Gasteiger charge is -2.11. The van der Waals surface area contributed by atoms with Gasteiger partial charge in [0, 0.05) is 36.5 Å². The number of aryl methyl sites for hydroxylation is 1. The molecular weight excluding hydrogens is 350 g/mol. The molecule has 0 aliphatic heterocycles. The number of aliphatic imine (C=N–C) groups is 1. The van der Waals surface area contributed by atoms with Crippen molar-refractivity contribution in [2.45, 2.75) is 33.4 Å². The molecular formula is C18H27N5O2S. The summed E-state index contributed by atoms with van der Waals surface area (Å²) in [5.41, 5.74) is 0.934. The number of nitrogens with zero attached hydrogens (tertiary/aromatic N) is 3. The van der Waals surface area contributed by atoms with E-state index in [4.69, 9.17) is 9.47 Å². The largest absolute Gasteiger partial charge is 0.475 e. The Kier molecular flexibility index (Phi) is 8.85. The van der Waals surface area contributed by atoms with Gasteiger partial charge >= 0.3 is 0 Å². The zero-order valence-electron chi connectivity index (χ0n) is 15.6. The van der Waals surface area contributed by atoms with Crippen molar-refractivity contribution in [1.29, 1.82) is 0 Å². The molecule has 0 unspecified atom stereocenters. The molecule has 0 saturated carbocycles. The van der Waals surface area contributed by atoms with Gasteiger partial charge in [0.2, 0.25) is 5.88 Å². The summed E-state index contributed by atoms with van der Waals surface area (Å²) in [6, 6.07) is 3.85. The number of methoxy groups -OCH3 is 1. The van der Waals surface area contributed by atoms with E-state index in [1.54, 1.807) is 24.6 Å². The van der Waals surface area contributed by atoms with Crippen LogP contribution in [0.5, 0.6) is 5.88 Å². The molecule has 0 aliphatic rings. The minimum absolute atomic E-state index is 0.465. The van der Waals surface area contributed by atoms with Gasteiger partial charge in [-0.1, -0.05) is 13.0 Å². The molecule has 8 heteroatoms. The summed E-state index contributed by atoms with van der Waals surface area (Å²) in [5.74, 6) is 1.34.